The number of fused-ring (bicyclic) bond motifs is 1. The lowest BCUT2D eigenvalue weighted by atomic mass is 10.1. The van der Waals surface area contributed by atoms with Crippen LogP contribution in [0.2, 0.25) is 0 Å². The van der Waals surface area contributed by atoms with Crippen LogP contribution in [0.25, 0.3) is 0 Å². The monoisotopic (exact) mass is 203 g/mol. The Morgan fingerprint density at radius 1 is 1.33 bits per heavy atom. The van der Waals surface area contributed by atoms with Crippen molar-refractivity contribution in [2.24, 2.45) is 0 Å². The standard InChI is InChI=1S/C12H13NO2/c1-9-7-10(3-4-13)8-11-12(9)15-6-2-5-14-11/h7-8H,2-3,5-6H2,1H3. The molecule has 0 saturated heterocycles. The van der Waals surface area contributed by atoms with Crippen molar-refractivity contribution in [3.63, 3.8) is 0 Å². The van der Waals surface area contributed by atoms with Crippen molar-refractivity contribution in [2.75, 3.05) is 13.2 Å². The molecule has 15 heavy (non-hydrogen) atoms. The number of benzene rings is 1. The fourth-order valence-electron chi connectivity index (χ4n) is 1.71. The summed E-state index contributed by atoms with van der Waals surface area (Å²) in [6.07, 6.45) is 1.32. The van der Waals surface area contributed by atoms with E-state index in [2.05, 4.69) is 6.07 Å². The Bertz CT molecular complexity index is 407. The van der Waals surface area contributed by atoms with Crippen LogP contribution in [0.5, 0.6) is 11.5 Å². The third-order valence-electron chi connectivity index (χ3n) is 2.38. The number of nitrogens with zero attached hydrogens (tertiary/aromatic N) is 1. The van der Waals surface area contributed by atoms with E-state index in [4.69, 9.17) is 14.7 Å². The minimum absolute atomic E-state index is 0.414. The quantitative estimate of drug-likeness (QED) is 0.702. The van der Waals surface area contributed by atoms with Crippen LogP contribution < -0.4 is 9.47 Å². The first-order chi connectivity index (χ1) is 7.31. The highest BCUT2D eigenvalue weighted by Gasteiger charge is 2.13. The number of nitriles is 1. The number of ether oxygens (including phenoxy) is 2. The van der Waals surface area contributed by atoms with Crippen LogP contribution >= 0.6 is 0 Å². The Balaban J connectivity index is 2.40. The molecule has 2 rings (SSSR count). The largest absolute Gasteiger partial charge is 0.490 e. The third kappa shape index (κ3) is 2.04. The van der Waals surface area contributed by atoms with Gasteiger partial charge in [0.15, 0.2) is 11.5 Å². The molecule has 1 aliphatic heterocycles. The molecule has 0 bridgehead atoms. The van der Waals surface area contributed by atoms with E-state index in [0.717, 1.165) is 29.0 Å². The van der Waals surface area contributed by atoms with Crippen molar-refractivity contribution in [1.29, 1.82) is 5.26 Å². The topological polar surface area (TPSA) is 42.2 Å². The zero-order chi connectivity index (χ0) is 10.7. The van der Waals surface area contributed by atoms with Crippen LogP contribution in [0.15, 0.2) is 12.1 Å². The summed E-state index contributed by atoms with van der Waals surface area (Å²) in [6, 6.07) is 6.02. The van der Waals surface area contributed by atoms with Crippen molar-refractivity contribution >= 4 is 0 Å². The van der Waals surface area contributed by atoms with Gasteiger partial charge in [-0.1, -0.05) is 6.07 Å². The van der Waals surface area contributed by atoms with Gasteiger partial charge >= 0.3 is 0 Å². The Morgan fingerprint density at radius 2 is 2.13 bits per heavy atom. The Hall–Kier alpha value is -1.69. The number of rotatable bonds is 1. The maximum Gasteiger partial charge on any atom is 0.164 e. The minimum atomic E-state index is 0.414. The maximum absolute atomic E-state index is 8.65. The van der Waals surface area contributed by atoms with Crippen LogP contribution in [0.3, 0.4) is 0 Å². The summed E-state index contributed by atoms with van der Waals surface area (Å²) in [4.78, 5) is 0. The van der Waals surface area contributed by atoms with Crippen LogP contribution in [0.1, 0.15) is 17.5 Å². The van der Waals surface area contributed by atoms with Gasteiger partial charge in [0.05, 0.1) is 25.7 Å². The Morgan fingerprint density at radius 3 is 2.93 bits per heavy atom. The van der Waals surface area contributed by atoms with Gasteiger partial charge < -0.3 is 9.47 Å². The first-order valence-electron chi connectivity index (χ1n) is 5.07. The maximum atomic E-state index is 8.65. The molecule has 0 aromatic heterocycles. The number of hydrogen-bond acceptors (Lipinski definition) is 3. The van der Waals surface area contributed by atoms with E-state index in [0.29, 0.717) is 19.6 Å². The summed E-state index contributed by atoms with van der Waals surface area (Å²) in [5.41, 5.74) is 2.03. The summed E-state index contributed by atoms with van der Waals surface area (Å²) in [7, 11) is 0. The molecule has 0 saturated carbocycles. The third-order valence-corrected chi connectivity index (χ3v) is 2.38. The van der Waals surface area contributed by atoms with E-state index in [-0.39, 0.29) is 0 Å². The smallest absolute Gasteiger partial charge is 0.164 e. The molecule has 0 atom stereocenters. The van der Waals surface area contributed by atoms with Gasteiger partial charge in [0.2, 0.25) is 0 Å². The normalized spacial score (nSPS) is 14.1. The van der Waals surface area contributed by atoms with Crippen LogP contribution in [-0.4, -0.2) is 13.2 Å². The molecule has 1 aromatic rings. The molecule has 1 heterocycles. The zero-order valence-corrected chi connectivity index (χ0v) is 8.75. The molecule has 0 spiro atoms. The molecule has 0 amide bonds. The van der Waals surface area contributed by atoms with Crippen molar-refractivity contribution in [1.82, 2.24) is 0 Å². The molecule has 1 aromatic carbocycles. The van der Waals surface area contributed by atoms with Crippen molar-refractivity contribution in [3.8, 4) is 17.6 Å². The molecule has 0 aliphatic carbocycles. The summed E-state index contributed by atoms with van der Waals surface area (Å²) in [5, 5.41) is 8.65. The Labute approximate surface area is 89.2 Å². The number of hydrogen-bond donors (Lipinski definition) is 0. The molecule has 0 N–H and O–H groups in total. The van der Waals surface area contributed by atoms with Crippen LogP contribution in [0, 0.1) is 18.3 Å². The first-order valence-corrected chi connectivity index (χ1v) is 5.07. The van der Waals surface area contributed by atoms with E-state index >= 15 is 0 Å². The van der Waals surface area contributed by atoms with Gasteiger partial charge in [-0.25, -0.2) is 0 Å². The zero-order valence-electron chi connectivity index (χ0n) is 8.75. The second-order valence-electron chi connectivity index (χ2n) is 3.63. The molecule has 1 aliphatic rings. The fraction of sp³-hybridized carbons (Fsp3) is 0.417. The van der Waals surface area contributed by atoms with E-state index in [1.807, 2.05) is 19.1 Å². The highest BCUT2D eigenvalue weighted by atomic mass is 16.5. The second-order valence-corrected chi connectivity index (χ2v) is 3.63. The van der Waals surface area contributed by atoms with Gasteiger partial charge in [0.1, 0.15) is 0 Å². The van der Waals surface area contributed by atoms with E-state index in [9.17, 15) is 0 Å². The molecule has 3 heteroatoms. The van der Waals surface area contributed by atoms with E-state index in [1.165, 1.54) is 0 Å². The molecule has 78 valence electrons. The van der Waals surface area contributed by atoms with E-state index in [1.54, 1.807) is 0 Å². The molecule has 3 nitrogen and oxygen atoms in total. The lowest BCUT2D eigenvalue weighted by Crippen LogP contribution is -1.97. The predicted molar refractivity (Wildman–Crippen MR) is 56.1 cm³/mol. The van der Waals surface area contributed by atoms with Crippen LogP contribution in [-0.2, 0) is 6.42 Å². The van der Waals surface area contributed by atoms with Gasteiger partial charge in [0, 0.05) is 6.42 Å². The summed E-state index contributed by atoms with van der Waals surface area (Å²) in [5.74, 6) is 1.60. The average Bonchev–Trinajstić information content (AvgIpc) is 2.43. The van der Waals surface area contributed by atoms with Crippen LogP contribution in [0.4, 0.5) is 0 Å². The summed E-state index contributed by atoms with van der Waals surface area (Å²) >= 11 is 0. The fourth-order valence-corrected chi connectivity index (χ4v) is 1.71. The van der Waals surface area contributed by atoms with Gasteiger partial charge in [0.25, 0.3) is 0 Å². The molecular formula is C12H13NO2. The molecule has 0 unspecified atom stereocenters. The van der Waals surface area contributed by atoms with Crippen molar-refractivity contribution in [3.05, 3.63) is 23.3 Å². The lowest BCUT2D eigenvalue weighted by Gasteiger charge is -2.11. The highest BCUT2D eigenvalue weighted by molar-refractivity contribution is 5.49. The van der Waals surface area contributed by atoms with Gasteiger partial charge in [-0.15, -0.1) is 0 Å². The van der Waals surface area contributed by atoms with E-state index < -0.39 is 0 Å². The molecule has 0 radical (unpaired) electrons. The number of aryl methyl sites for hydroxylation is 1. The summed E-state index contributed by atoms with van der Waals surface area (Å²) in [6.45, 7) is 3.36. The van der Waals surface area contributed by atoms with Crippen molar-refractivity contribution in [2.45, 2.75) is 19.8 Å². The van der Waals surface area contributed by atoms with Crippen molar-refractivity contribution < 1.29 is 9.47 Å². The first kappa shape index (κ1) is 9.85. The molecular weight excluding hydrogens is 190 g/mol. The SMILES string of the molecule is Cc1cc(CC#N)cc2c1OCCCO2. The minimum Gasteiger partial charge on any atom is -0.490 e. The van der Waals surface area contributed by atoms with Gasteiger partial charge in [-0.05, 0) is 24.1 Å². The average molecular weight is 203 g/mol. The second kappa shape index (κ2) is 4.22. The Kier molecular flexibility index (Phi) is 2.77. The highest BCUT2D eigenvalue weighted by Crippen LogP contribution is 2.34. The summed E-state index contributed by atoms with van der Waals surface area (Å²) < 4.78 is 11.2. The predicted octanol–water partition coefficient (Wildman–Crippen LogP) is 2.22. The lowest BCUT2D eigenvalue weighted by molar-refractivity contribution is 0.296. The van der Waals surface area contributed by atoms with Gasteiger partial charge in [-0.2, -0.15) is 5.26 Å². The van der Waals surface area contributed by atoms with Gasteiger partial charge in [-0.3, -0.25) is 0 Å². The molecule has 0 fully saturated rings.